The third-order valence-corrected chi connectivity index (χ3v) is 1.83. The Morgan fingerprint density at radius 2 is 2.33 bits per heavy atom. The maximum absolute atomic E-state index is 13.3. The zero-order valence-corrected chi connectivity index (χ0v) is 7.35. The fraction of sp³-hybridized carbons (Fsp3) is 0. The lowest BCUT2D eigenvalue weighted by molar-refractivity contribution is 0.0697. The van der Waals surface area contributed by atoms with Crippen molar-refractivity contribution in [3.63, 3.8) is 0 Å². The summed E-state index contributed by atoms with van der Waals surface area (Å²) < 4.78 is 17.8. The van der Waals surface area contributed by atoms with Crippen LogP contribution in [0.3, 0.4) is 0 Å². The van der Waals surface area contributed by atoms with Crippen LogP contribution < -0.4 is 0 Å². The highest BCUT2D eigenvalue weighted by atomic mass is 19.1. The van der Waals surface area contributed by atoms with E-state index in [1.165, 1.54) is 12.3 Å². The van der Waals surface area contributed by atoms with Gasteiger partial charge in [-0.15, -0.1) is 0 Å². The summed E-state index contributed by atoms with van der Waals surface area (Å²) in [6.07, 6.45) is 3.28. The van der Waals surface area contributed by atoms with Gasteiger partial charge in [0, 0.05) is 11.8 Å². The normalized spacial score (nSPS) is 10.2. The summed E-state index contributed by atoms with van der Waals surface area (Å²) in [6.45, 7) is 0. The van der Waals surface area contributed by atoms with Crippen LogP contribution in [-0.2, 0) is 0 Å². The second-order valence-electron chi connectivity index (χ2n) is 2.74. The van der Waals surface area contributed by atoms with Crippen molar-refractivity contribution in [2.75, 3.05) is 0 Å². The molecule has 1 N–H and O–H groups in total. The number of nitrogens with zero attached hydrogens (tertiary/aromatic N) is 2. The van der Waals surface area contributed by atoms with Gasteiger partial charge in [-0.2, -0.15) is 0 Å². The number of aromatic carboxylic acids is 1. The van der Waals surface area contributed by atoms with Crippen LogP contribution in [0.25, 0.3) is 11.3 Å². The van der Waals surface area contributed by atoms with Crippen LogP contribution in [0, 0.1) is 5.82 Å². The molecule has 5 nitrogen and oxygen atoms in total. The molecular weight excluding hydrogens is 203 g/mol. The summed E-state index contributed by atoms with van der Waals surface area (Å²) in [4.78, 5) is 14.3. The minimum absolute atomic E-state index is 0.0394. The SMILES string of the molecule is O=C(O)c1conc1-c1ccncc1F. The van der Waals surface area contributed by atoms with E-state index in [0.29, 0.717) is 0 Å². The topological polar surface area (TPSA) is 76.2 Å². The lowest BCUT2D eigenvalue weighted by atomic mass is 10.1. The van der Waals surface area contributed by atoms with Crippen LogP contribution in [0.15, 0.2) is 29.2 Å². The van der Waals surface area contributed by atoms with Gasteiger partial charge in [-0.25, -0.2) is 9.18 Å². The first-order chi connectivity index (χ1) is 7.20. The van der Waals surface area contributed by atoms with Gasteiger partial charge in [0.15, 0.2) is 5.82 Å². The van der Waals surface area contributed by atoms with Crippen molar-refractivity contribution >= 4 is 5.97 Å². The molecule has 0 fully saturated rings. The minimum Gasteiger partial charge on any atom is -0.477 e. The first-order valence-electron chi connectivity index (χ1n) is 3.97. The van der Waals surface area contributed by atoms with Crippen molar-refractivity contribution < 1.29 is 18.8 Å². The summed E-state index contributed by atoms with van der Waals surface area (Å²) in [5.41, 5.74) is -0.168. The Bertz CT molecular complexity index is 510. The molecule has 76 valence electrons. The lowest BCUT2D eigenvalue weighted by Gasteiger charge is -1.97. The standard InChI is InChI=1S/C9H5FN2O3/c10-7-3-11-2-1-5(7)8-6(9(13)14)4-15-12-8/h1-4H,(H,13,14). The van der Waals surface area contributed by atoms with Crippen LogP contribution in [0.2, 0.25) is 0 Å². The van der Waals surface area contributed by atoms with Crippen LogP contribution in [-0.4, -0.2) is 21.2 Å². The van der Waals surface area contributed by atoms with Gasteiger partial charge in [0.05, 0.1) is 6.20 Å². The van der Waals surface area contributed by atoms with Crippen molar-refractivity contribution in [1.82, 2.24) is 10.1 Å². The van der Waals surface area contributed by atoms with Crippen molar-refractivity contribution in [3.8, 4) is 11.3 Å². The highest BCUT2D eigenvalue weighted by molar-refractivity contribution is 5.94. The van der Waals surface area contributed by atoms with Crippen LogP contribution in [0.1, 0.15) is 10.4 Å². The molecular formula is C9H5FN2O3. The van der Waals surface area contributed by atoms with Crippen molar-refractivity contribution in [2.24, 2.45) is 0 Å². The molecule has 0 aliphatic carbocycles. The average Bonchev–Trinajstić information content (AvgIpc) is 2.67. The highest BCUT2D eigenvalue weighted by Gasteiger charge is 2.18. The zero-order valence-electron chi connectivity index (χ0n) is 7.35. The van der Waals surface area contributed by atoms with E-state index in [1.54, 1.807) is 0 Å². The van der Waals surface area contributed by atoms with Crippen molar-refractivity contribution in [1.29, 1.82) is 0 Å². The summed E-state index contributed by atoms with van der Waals surface area (Å²) in [5.74, 6) is -1.86. The Kier molecular flexibility index (Phi) is 2.17. The molecule has 2 rings (SSSR count). The summed E-state index contributed by atoms with van der Waals surface area (Å²) >= 11 is 0. The number of rotatable bonds is 2. The maximum Gasteiger partial charge on any atom is 0.341 e. The molecule has 2 aromatic heterocycles. The number of hydrogen-bond donors (Lipinski definition) is 1. The molecule has 6 heteroatoms. The number of aromatic nitrogens is 2. The third-order valence-electron chi connectivity index (χ3n) is 1.83. The molecule has 0 bridgehead atoms. The van der Waals surface area contributed by atoms with Gasteiger partial charge in [0.2, 0.25) is 0 Å². The van der Waals surface area contributed by atoms with E-state index >= 15 is 0 Å². The predicted molar refractivity (Wildman–Crippen MR) is 46.7 cm³/mol. The minimum atomic E-state index is -1.22. The summed E-state index contributed by atoms with van der Waals surface area (Å²) in [7, 11) is 0. The van der Waals surface area contributed by atoms with Crippen molar-refractivity contribution in [2.45, 2.75) is 0 Å². The quantitative estimate of drug-likeness (QED) is 0.810. The molecule has 0 saturated carbocycles. The molecule has 0 saturated heterocycles. The molecule has 0 atom stereocenters. The highest BCUT2D eigenvalue weighted by Crippen LogP contribution is 2.23. The number of carbonyl (C=O) groups is 1. The Morgan fingerprint density at radius 1 is 1.53 bits per heavy atom. The molecule has 0 unspecified atom stereocenters. The fourth-order valence-electron chi connectivity index (χ4n) is 1.15. The van der Waals surface area contributed by atoms with Gasteiger partial charge in [-0.1, -0.05) is 5.16 Å². The van der Waals surface area contributed by atoms with Gasteiger partial charge in [0.1, 0.15) is 17.5 Å². The fourth-order valence-corrected chi connectivity index (χ4v) is 1.15. The van der Waals surface area contributed by atoms with E-state index in [2.05, 4.69) is 14.7 Å². The molecule has 0 spiro atoms. The summed E-state index contributed by atoms with van der Waals surface area (Å²) in [6, 6.07) is 1.33. The van der Waals surface area contributed by atoms with Gasteiger partial charge in [0.25, 0.3) is 0 Å². The second-order valence-corrected chi connectivity index (χ2v) is 2.74. The average molecular weight is 208 g/mol. The number of halogens is 1. The Morgan fingerprint density at radius 3 is 3.00 bits per heavy atom. The second kappa shape index (κ2) is 3.49. The maximum atomic E-state index is 13.3. The van der Waals surface area contributed by atoms with E-state index in [4.69, 9.17) is 5.11 Å². The largest absolute Gasteiger partial charge is 0.477 e. The van der Waals surface area contributed by atoms with E-state index in [0.717, 1.165) is 12.5 Å². The Hall–Kier alpha value is -2.24. The number of carboxylic acid groups (broad SMARTS) is 1. The smallest absolute Gasteiger partial charge is 0.341 e. The van der Waals surface area contributed by atoms with Crippen molar-refractivity contribution in [3.05, 3.63) is 36.1 Å². The van der Waals surface area contributed by atoms with Crippen LogP contribution in [0.4, 0.5) is 4.39 Å². The molecule has 2 aromatic rings. The molecule has 0 amide bonds. The van der Waals surface area contributed by atoms with Crippen LogP contribution >= 0.6 is 0 Å². The monoisotopic (exact) mass is 208 g/mol. The van der Waals surface area contributed by atoms with Gasteiger partial charge >= 0.3 is 5.97 Å². The van der Waals surface area contributed by atoms with Gasteiger partial charge in [-0.05, 0) is 6.07 Å². The first-order valence-corrected chi connectivity index (χ1v) is 3.97. The number of pyridine rings is 1. The van der Waals surface area contributed by atoms with E-state index < -0.39 is 11.8 Å². The molecule has 0 aliphatic heterocycles. The molecule has 0 aliphatic rings. The number of carboxylic acids is 1. The van der Waals surface area contributed by atoms with E-state index in [-0.39, 0.29) is 16.8 Å². The van der Waals surface area contributed by atoms with E-state index in [9.17, 15) is 9.18 Å². The Balaban J connectivity index is 2.59. The van der Waals surface area contributed by atoms with E-state index in [1.807, 2.05) is 0 Å². The zero-order chi connectivity index (χ0) is 10.8. The molecule has 15 heavy (non-hydrogen) atoms. The third kappa shape index (κ3) is 1.56. The molecule has 0 radical (unpaired) electrons. The Labute approximate surface area is 83.2 Å². The summed E-state index contributed by atoms with van der Waals surface area (Å²) in [5, 5.41) is 12.2. The molecule has 2 heterocycles. The lowest BCUT2D eigenvalue weighted by Crippen LogP contribution is -1.98. The van der Waals surface area contributed by atoms with Crippen LogP contribution in [0.5, 0.6) is 0 Å². The van der Waals surface area contributed by atoms with Gasteiger partial charge in [-0.3, -0.25) is 4.98 Å². The predicted octanol–water partition coefficient (Wildman–Crippen LogP) is 1.57. The van der Waals surface area contributed by atoms with Gasteiger partial charge < -0.3 is 9.63 Å². The first kappa shape index (κ1) is 9.32. The molecule has 0 aromatic carbocycles. The number of hydrogen-bond acceptors (Lipinski definition) is 4.